The number of benzene rings is 1. The third kappa shape index (κ3) is 4.17. The number of nitrogens with two attached hydrogens (primary N) is 1. The molecule has 0 heterocycles. The fourth-order valence-corrected chi connectivity index (χ4v) is 3.08. The summed E-state index contributed by atoms with van der Waals surface area (Å²) in [6.45, 7) is 0.677. The topological polar surface area (TPSA) is 61.8 Å². The molecule has 1 saturated carbocycles. The first-order valence-electron chi connectivity index (χ1n) is 7.58. The molecule has 0 unspecified atom stereocenters. The second-order valence-electron chi connectivity index (χ2n) is 5.85. The van der Waals surface area contributed by atoms with Crippen LogP contribution in [0.4, 0.5) is 4.39 Å². The maximum Gasteiger partial charge on any atom is 0.170 e. The lowest BCUT2D eigenvalue weighted by atomic mass is 10.0. The van der Waals surface area contributed by atoms with Crippen LogP contribution in [0.15, 0.2) is 23.4 Å². The summed E-state index contributed by atoms with van der Waals surface area (Å²) in [4.78, 5) is 2.30. The molecule has 1 aromatic rings. The highest BCUT2D eigenvalue weighted by Crippen LogP contribution is 2.23. The van der Waals surface area contributed by atoms with Crippen LogP contribution in [0.2, 0.25) is 0 Å². The lowest BCUT2D eigenvalue weighted by molar-refractivity contribution is 0.213. The van der Waals surface area contributed by atoms with Crippen molar-refractivity contribution in [2.24, 2.45) is 10.9 Å². The molecular formula is C16H24FN3O. The fraction of sp³-hybridized carbons (Fsp3) is 0.562. The number of hydrogen-bond acceptors (Lipinski definition) is 3. The number of hydrogen-bond donors (Lipinski definition) is 2. The van der Waals surface area contributed by atoms with Gasteiger partial charge in [-0.25, -0.2) is 4.39 Å². The minimum Gasteiger partial charge on any atom is -0.409 e. The van der Waals surface area contributed by atoms with Crippen LogP contribution in [-0.4, -0.2) is 29.0 Å². The Morgan fingerprint density at radius 2 is 2.00 bits per heavy atom. The van der Waals surface area contributed by atoms with Crippen LogP contribution < -0.4 is 5.73 Å². The van der Waals surface area contributed by atoms with E-state index in [1.807, 2.05) is 0 Å². The summed E-state index contributed by atoms with van der Waals surface area (Å²) in [5.74, 6) is -0.420. The van der Waals surface area contributed by atoms with Crippen molar-refractivity contribution in [3.63, 3.8) is 0 Å². The predicted octanol–water partition coefficient (Wildman–Crippen LogP) is 3.07. The first kappa shape index (κ1) is 15.8. The van der Waals surface area contributed by atoms with Crippen LogP contribution in [-0.2, 0) is 6.54 Å². The first-order valence-corrected chi connectivity index (χ1v) is 7.58. The Hall–Kier alpha value is -1.62. The second kappa shape index (κ2) is 7.41. The van der Waals surface area contributed by atoms with Crippen LogP contribution >= 0.6 is 0 Å². The smallest absolute Gasteiger partial charge is 0.170 e. The Balaban J connectivity index is 2.14. The van der Waals surface area contributed by atoms with Crippen molar-refractivity contribution in [1.29, 1.82) is 0 Å². The Morgan fingerprint density at radius 3 is 2.62 bits per heavy atom. The number of oxime groups is 1. The van der Waals surface area contributed by atoms with E-state index in [4.69, 9.17) is 10.9 Å². The number of amidine groups is 1. The first-order chi connectivity index (χ1) is 10.1. The van der Waals surface area contributed by atoms with Crippen molar-refractivity contribution in [3.05, 3.63) is 35.1 Å². The van der Waals surface area contributed by atoms with Crippen molar-refractivity contribution in [1.82, 2.24) is 4.90 Å². The summed E-state index contributed by atoms with van der Waals surface area (Å²) in [5.41, 5.74) is 7.02. The summed E-state index contributed by atoms with van der Waals surface area (Å²) >= 11 is 0. The van der Waals surface area contributed by atoms with E-state index in [1.165, 1.54) is 50.7 Å². The zero-order valence-electron chi connectivity index (χ0n) is 12.6. The molecular weight excluding hydrogens is 269 g/mol. The highest BCUT2D eigenvalue weighted by atomic mass is 19.1. The maximum atomic E-state index is 13.4. The van der Waals surface area contributed by atoms with Gasteiger partial charge in [-0.2, -0.15) is 0 Å². The van der Waals surface area contributed by atoms with E-state index in [2.05, 4.69) is 17.1 Å². The third-order valence-electron chi connectivity index (χ3n) is 4.32. The molecule has 1 fully saturated rings. The average Bonchev–Trinajstić information content (AvgIpc) is 2.77. The monoisotopic (exact) mass is 293 g/mol. The van der Waals surface area contributed by atoms with E-state index in [1.54, 1.807) is 6.07 Å². The minimum absolute atomic E-state index is 0.0428. The Morgan fingerprint density at radius 1 is 1.33 bits per heavy atom. The van der Waals surface area contributed by atoms with E-state index in [0.717, 1.165) is 5.56 Å². The Kier molecular flexibility index (Phi) is 5.56. The van der Waals surface area contributed by atoms with E-state index in [9.17, 15) is 4.39 Å². The molecule has 0 radical (unpaired) electrons. The third-order valence-corrected chi connectivity index (χ3v) is 4.32. The molecule has 2 rings (SSSR count). The number of rotatable bonds is 4. The normalized spacial score (nSPS) is 18.0. The summed E-state index contributed by atoms with van der Waals surface area (Å²) in [5, 5.41) is 11.9. The predicted molar refractivity (Wildman–Crippen MR) is 81.9 cm³/mol. The lowest BCUT2D eigenvalue weighted by Crippen LogP contribution is -2.31. The van der Waals surface area contributed by atoms with Crippen molar-refractivity contribution in [2.45, 2.75) is 51.1 Å². The molecule has 116 valence electrons. The molecule has 0 aromatic heterocycles. The van der Waals surface area contributed by atoms with E-state index >= 15 is 0 Å². The number of halogens is 1. The highest BCUT2D eigenvalue weighted by molar-refractivity contribution is 5.98. The van der Waals surface area contributed by atoms with Gasteiger partial charge in [-0.05, 0) is 37.6 Å². The maximum absolute atomic E-state index is 13.4. The van der Waals surface area contributed by atoms with Gasteiger partial charge in [0.1, 0.15) is 5.82 Å². The van der Waals surface area contributed by atoms with Gasteiger partial charge >= 0.3 is 0 Å². The molecule has 21 heavy (non-hydrogen) atoms. The SMILES string of the molecule is CN(Cc1ccc(F)cc1C(N)=NO)C1CCCCCC1. The summed E-state index contributed by atoms with van der Waals surface area (Å²) in [6, 6.07) is 5.02. The highest BCUT2D eigenvalue weighted by Gasteiger charge is 2.19. The van der Waals surface area contributed by atoms with Gasteiger partial charge in [-0.15, -0.1) is 0 Å². The van der Waals surface area contributed by atoms with Gasteiger partial charge < -0.3 is 10.9 Å². The molecule has 1 aliphatic carbocycles. The summed E-state index contributed by atoms with van der Waals surface area (Å²) < 4.78 is 13.4. The van der Waals surface area contributed by atoms with Crippen LogP contribution in [0.5, 0.6) is 0 Å². The average molecular weight is 293 g/mol. The molecule has 4 nitrogen and oxygen atoms in total. The Bertz CT molecular complexity index is 496. The van der Waals surface area contributed by atoms with Gasteiger partial charge in [0.2, 0.25) is 0 Å². The van der Waals surface area contributed by atoms with Crippen LogP contribution in [0.1, 0.15) is 49.7 Å². The molecule has 0 amide bonds. The lowest BCUT2D eigenvalue weighted by Gasteiger charge is -2.27. The number of nitrogens with zero attached hydrogens (tertiary/aromatic N) is 2. The molecule has 3 N–H and O–H groups in total. The summed E-state index contributed by atoms with van der Waals surface area (Å²) in [7, 11) is 2.09. The van der Waals surface area contributed by atoms with Gasteiger partial charge in [0.25, 0.3) is 0 Å². The zero-order chi connectivity index (χ0) is 15.2. The zero-order valence-corrected chi connectivity index (χ0v) is 12.6. The molecule has 0 saturated heterocycles. The van der Waals surface area contributed by atoms with Gasteiger partial charge in [0, 0.05) is 18.2 Å². The van der Waals surface area contributed by atoms with Crippen molar-refractivity contribution < 1.29 is 9.60 Å². The molecule has 0 bridgehead atoms. The molecule has 1 aliphatic rings. The molecule has 0 atom stereocenters. The molecule has 0 spiro atoms. The van der Waals surface area contributed by atoms with Crippen molar-refractivity contribution in [2.75, 3.05) is 7.05 Å². The van der Waals surface area contributed by atoms with E-state index in [0.29, 0.717) is 18.2 Å². The van der Waals surface area contributed by atoms with Crippen LogP contribution in [0.3, 0.4) is 0 Å². The van der Waals surface area contributed by atoms with Crippen molar-refractivity contribution in [3.8, 4) is 0 Å². The van der Waals surface area contributed by atoms with Gasteiger partial charge in [-0.3, -0.25) is 4.90 Å². The van der Waals surface area contributed by atoms with E-state index < -0.39 is 0 Å². The van der Waals surface area contributed by atoms with Crippen LogP contribution in [0.25, 0.3) is 0 Å². The van der Waals surface area contributed by atoms with Crippen molar-refractivity contribution >= 4 is 5.84 Å². The van der Waals surface area contributed by atoms with Gasteiger partial charge in [-0.1, -0.05) is 36.9 Å². The molecule has 5 heteroatoms. The molecule has 0 aliphatic heterocycles. The molecule has 1 aromatic carbocycles. The van der Waals surface area contributed by atoms with E-state index in [-0.39, 0.29) is 11.7 Å². The quantitative estimate of drug-likeness (QED) is 0.295. The standard InChI is InChI=1S/C16H24FN3O/c1-20(14-6-4-2-3-5-7-14)11-12-8-9-13(17)10-15(12)16(18)19-21/h8-10,14,21H,2-7,11H2,1H3,(H2,18,19). The second-order valence-corrected chi connectivity index (χ2v) is 5.85. The van der Waals surface area contributed by atoms with Gasteiger partial charge in [0.15, 0.2) is 5.84 Å². The Labute approximate surface area is 125 Å². The van der Waals surface area contributed by atoms with Gasteiger partial charge in [0.05, 0.1) is 0 Å². The summed E-state index contributed by atoms with van der Waals surface area (Å²) in [6.07, 6.45) is 7.58. The fourth-order valence-electron chi connectivity index (χ4n) is 3.08. The van der Waals surface area contributed by atoms with Crippen LogP contribution in [0, 0.1) is 5.82 Å². The largest absolute Gasteiger partial charge is 0.409 e. The minimum atomic E-state index is -0.377.